The van der Waals surface area contributed by atoms with Gasteiger partial charge < -0.3 is 5.32 Å². The van der Waals surface area contributed by atoms with Gasteiger partial charge >= 0.3 is 0 Å². The summed E-state index contributed by atoms with van der Waals surface area (Å²) in [6.45, 7) is 4.01. The number of halogens is 1. The Balaban J connectivity index is 2.25. The van der Waals surface area contributed by atoms with Crippen LogP contribution < -0.4 is 5.32 Å². The highest BCUT2D eigenvalue weighted by Gasteiger charge is 2.11. The van der Waals surface area contributed by atoms with Gasteiger partial charge in [-0.15, -0.1) is 0 Å². The first kappa shape index (κ1) is 13.1. The molecule has 3 heteroatoms. The first-order valence-electron chi connectivity index (χ1n) is 5.71. The Labute approximate surface area is 121 Å². The van der Waals surface area contributed by atoms with Crippen molar-refractivity contribution in [2.75, 3.05) is 5.32 Å². The van der Waals surface area contributed by atoms with Crippen molar-refractivity contribution in [1.82, 2.24) is 0 Å². The minimum atomic E-state index is -0.0614. The molecule has 2 aromatic rings. The fourth-order valence-corrected chi connectivity index (χ4v) is 2.35. The average molecular weight is 351 g/mol. The van der Waals surface area contributed by atoms with Gasteiger partial charge in [0, 0.05) is 9.26 Å². The molecule has 1 N–H and O–H groups in total. The molecular weight excluding hydrogens is 337 g/mol. The summed E-state index contributed by atoms with van der Waals surface area (Å²) in [6.07, 6.45) is 0. The largest absolute Gasteiger partial charge is 0.322 e. The molecule has 0 saturated carbocycles. The van der Waals surface area contributed by atoms with Crippen LogP contribution in [0.1, 0.15) is 21.5 Å². The smallest absolute Gasteiger partial charge is 0.256 e. The summed E-state index contributed by atoms with van der Waals surface area (Å²) in [4.78, 5) is 12.2. The second-order valence-corrected chi connectivity index (χ2v) is 5.34. The van der Waals surface area contributed by atoms with E-state index < -0.39 is 0 Å². The zero-order valence-electron chi connectivity index (χ0n) is 10.3. The SMILES string of the molecule is Cc1cccc(NC(=O)c2cccc(C)c2I)c1. The molecule has 2 nitrogen and oxygen atoms in total. The van der Waals surface area contributed by atoms with Gasteiger partial charge in [0.25, 0.3) is 5.91 Å². The third-order valence-corrected chi connectivity index (χ3v) is 4.14. The van der Waals surface area contributed by atoms with Gasteiger partial charge in [-0.3, -0.25) is 4.79 Å². The average Bonchev–Trinajstić information content (AvgIpc) is 2.32. The summed E-state index contributed by atoms with van der Waals surface area (Å²) in [5, 5.41) is 2.92. The number of amides is 1. The van der Waals surface area contributed by atoms with Crippen molar-refractivity contribution >= 4 is 34.2 Å². The van der Waals surface area contributed by atoms with E-state index in [0.717, 1.165) is 25.9 Å². The van der Waals surface area contributed by atoms with Crippen LogP contribution in [0, 0.1) is 17.4 Å². The Morgan fingerprint density at radius 3 is 2.56 bits per heavy atom. The minimum Gasteiger partial charge on any atom is -0.322 e. The molecule has 0 saturated heterocycles. The lowest BCUT2D eigenvalue weighted by atomic mass is 10.1. The van der Waals surface area contributed by atoms with E-state index in [1.54, 1.807) is 0 Å². The predicted octanol–water partition coefficient (Wildman–Crippen LogP) is 4.16. The molecule has 0 fully saturated rings. The highest BCUT2D eigenvalue weighted by atomic mass is 127. The number of carbonyl (C=O) groups excluding carboxylic acids is 1. The van der Waals surface area contributed by atoms with Crippen molar-refractivity contribution in [3.8, 4) is 0 Å². The molecule has 0 bridgehead atoms. The quantitative estimate of drug-likeness (QED) is 0.809. The number of carbonyl (C=O) groups is 1. The van der Waals surface area contributed by atoms with E-state index in [0.29, 0.717) is 0 Å². The van der Waals surface area contributed by atoms with Crippen LogP contribution in [0.25, 0.3) is 0 Å². The summed E-state index contributed by atoms with van der Waals surface area (Å²) < 4.78 is 1.00. The van der Waals surface area contributed by atoms with E-state index in [4.69, 9.17) is 0 Å². The van der Waals surface area contributed by atoms with Gasteiger partial charge in [-0.1, -0.05) is 24.3 Å². The third-order valence-electron chi connectivity index (χ3n) is 2.71. The molecule has 0 aliphatic carbocycles. The minimum absolute atomic E-state index is 0.0614. The van der Waals surface area contributed by atoms with Gasteiger partial charge in [0.05, 0.1) is 5.56 Å². The maximum absolute atomic E-state index is 12.2. The van der Waals surface area contributed by atoms with Crippen molar-refractivity contribution in [3.63, 3.8) is 0 Å². The Hall–Kier alpha value is -1.36. The summed E-state index contributed by atoms with van der Waals surface area (Å²) in [5.74, 6) is -0.0614. The van der Waals surface area contributed by atoms with E-state index in [1.807, 2.05) is 56.3 Å². The lowest BCUT2D eigenvalue weighted by Crippen LogP contribution is -2.13. The fourth-order valence-electron chi connectivity index (χ4n) is 1.74. The van der Waals surface area contributed by atoms with Crippen molar-refractivity contribution < 1.29 is 4.79 Å². The molecule has 0 unspecified atom stereocenters. The number of nitrogens with one attached hydrogen (secondary N) is 1. The maximum Gasteiger partial charge on any atom is 0.256 e. The van der Waals surface area contributed by atoms with Gasteiger partial charge in [0.15, 0.2) is 0 Å². The highest BCUT2D eigenvalue weighted by molar-refractivity contribution is 14.1. The zero-order valence-corrected chi connectivity index (χ0v) is 12.5. The zero-order chi connectivity index (χ0) is 13.1. The summed E-state index contributed by atoms with van der Waals surface area (Å²) in [5.41, 5.74) is 3.80. The first-order valence-corrected chi connectivity index (χ1v) is 6.79. The molecule has 92 valence electrons. The molecule has 0 spiro atoms. The topological polar surface area (TPSA) is 29.1 Å². The Kier molecular flexibility index (Phi) is 4.01. The van der Waals surface area contributed by atoms with E-state index in [9.17, 15) is 4.79 Å². The molecule has 2 rings (SSSR count). The van der Waals surface area contributed by atoms with E-state index in [1.165, 1.54) is 0 Å². The fraction of sp³-hybridized carbons (Fsp3) is 0.133. The van der Waals surface area contributed by atoms with E-state index in [-0.39, 0.29) is 5.91 Å². The summed E-state index contributed by atoms with van der Waals surface area (Å²) >= 11 is 2.21. The van der Waals surface area contributed by atoms with Gasteiger partial charge in [-0.05, 0) is 65.8 Å². The van der Waals surface area contributed by atoms with Crippen molar-refractivity contribution in [3.05, 3.63) is 62.7 Å². The number of aryl methyl sites for hydroxylation is 2. The molecule has 2 aromatic carbocycles. The predicted molar refractivity (Wildman–Crippen MR) is 83.0 cm³/mol. The van der Waals surface area contributed by atoms with Gasteiger partial charge in [0.2, 0.25) is 0 Å². The summed E-state index contributed by atoms with van der Waals surface area (Å²) in [6, 6.07) is 13.6. The van der Waals surface area contributed by atoms with Gasteiger partial charge in [0.1, 0.15) is 0 Å². The molecule has 0 aliphatic heterocycles. The molecule has 0 heterocycles. The van der Waals surface area contributed by atoms with Crippen LogP contribution in [0.15, 0.2) is 42.5 Å². The molecule has 0 atom stereocenters. The number of rotatable bonds is 2. The van der Waals surface area contributed by atoms with Crippen molar-refractivity contribution in [1.29, 1.82) is 0 Å². The molecular formula is C15H14INO. The van der Waals surface area contributed by atoms with Crippen LogP contribution in [-0.4, -0.2) is 5.91 Å². The highest BCUT2D eigenvalue weighted by Crippen LogP contribution is 2.18. The molecule has 0 aromatic heterocycles. The van der Waals surface area contributed by atoms with Gasteiger partial charge in [-0.25, -0.2) is 0 Å². The maximum atomic E-state index is 12.2. The van der Waals surface area contributed by atoms with Crippen molar-refractivity contribution in [2.45, 2.75) is 13.8 Å². The Morgan fingerprint density at radius 1 is 1.11 bits per heavy atom. The molecule has 0 radical (unpaired) electrons. The first-order chi connectivity index (χ1) is 8.58. The number of hydrogen-bond acceptors (Lipinski definition) is 1. The number of benzene rings is 2. The second kappa shape index (κ2) is 5.52. The van der Waals surface area contributed by atoms with Crippen LogP contribution in [0.4, 0.5) is 5.69 Å². The van der Waals surface area contributed by atoms with Crippen LogP contribution in [0.5, 0.6) is 0 Å². The molecule has 0 aliphatic rings. The van der Waals surface area contributed by atoms with E-state index in [2.05, 4.69) is 27.9 Å². The van der Waals surface area contributed by atoms with Crippen LogP contribution in [0.2, 0.25) is 0 Å². The standard InChI is InChI=1S/C15H14INO/c1-10-5-3-7-12(9-10)17-15(18)13-8-4-6-11(2)14(13)16/h3-9H,1-2H3,(H,17,18). The molecule has 1 amide bonds. The lowest BCUT2D eigenvalue weighted by molar-refractivity contribution is 0.102. The van der Waals surface area contributed by atoms with E-state index >= 15 is 0 Å². The second-order valence-electron chi connectivity index (χ2n) is 4.26. The number of anilines is 1. The lowest BCUT2D eigenvalue weighted by Gasteiger charge is -2.09. The summed E-state index contributed by atoms with van der Waals surface area (Å²) in [7, 11) is 0. The number of hydrogen-bond donors (Lipinski definition) is 1. The third kappa shape index (κ3) is 2.90. The Morgan fingerprint density at radius 2 is 1.83 bits per heavy atom. The van der Waals surface area contributed by atoms with Crippen LogP contribution in [0.3, 0.4) is 0 Å². The van der Waals surface area contributed by atoms with Gasteiger partial charge in [-0.2, -0.15) is 0 Å². The normalized spacial score (nSPS) is 10.2. The molecule has 18 heavy (non-hydrogen) atoms. The monoisotopic (exact) mass is 351 g/mol. The van der Waals surface area contributed by atoms with Crippen LogP contribution in [-0.2, 0) is 0 Å². The van der Waals surface area contributed by atoms with Crippen LogP contribution >= 0.6 is 22.6 Å². The Bertz CT molecular complexity index is 593. The van der Waals surface area contributed by atoms with Crippen molar-refractivity contribution in [2.24, 2.45) is 0 Å².